The zero-order chi connectivity index (χ0) is 24.5. The lowest BCUT2D eigenvalue weighted by molar-refractivity contribution is 0.0522. The number of hydrogen-bond acceptors (Lipinski definition) is 5. The average molecular weight is 456 g/mol. The first-order valence-electron chi connectivity index (χ1n) is 10.6. The van der Waals surface area contributed by atoms with Crippen LogP contribution in [0.2, 0.25) is 0 Å². The fourth-order valence-electron chi connectivity index (χ4n) is 3.24. The molecule has 0 spiro atoms. The summed E-state index contributed by atoms with van der Waals surface area (Å²) in [6, 6.07) is 28.6. The van der Waals surface area contributed by atoms with Crippen molar-refractivity contribution in [3.8, 4) is 33.8 Å². The Balaban J connectivity index is 0.000000192. The lowest BCUT2D eigenvalue weighted by atomic mass is 10.0. The van der Waals surface area contributed by atoms with E-state index in [-0.39, 0.29) is 29.2 Å². The van der Waals surface area contributed by atoms with Gasteiger partial charge in [-0.25, -0.2) is 9.59 Å². The average Bonchev–Trinajstić information content (AvgIpc) is 2.86. The van der Waals surface area contributed by atoms with Crippen LogP contribution in [0.1, 0.15) is 27.6 Å². The molecule has 0 aliphatic heterocycles. The zero-order valence-corrected chi connectivity index (χ0v) is 18.5. The summed E-state index contributed by atoms with van der Waals surface area (Å²) in [5.41, 5.74) is 3.67. The fraction of sp³-hybridized carbons (Fsp3) is 0.0714. The van der Waals surface area contributed by atoms with E-state index >= 15 is 0 Å². The van der Waals surface area contributed by atoms with E-state index in [2.05, 4.69) is 0 Å². The Bertz CT molecular complexity index is 1270. The van der Waals surface area contributed by atoms with Gasteiger partial charge in [0, 0.05) is 0 Å². The van der Waals surface area contributed by atoms with Crippen molar-refractivity contribution < 1.29 is 29.6 Å². The van der Waals surface area contributed by atoms with Crippen LogP contribution in [0, 0.1) is 0 Å². The van der Waals surface area contributed by atoms with E-state index < -0.39 is 11.9 Å². The van der Waals surface area contributed by atoms with Crippen molar-refractivity contribution in [3.63, 3.8) is 0 Å². The van der Waals surface area contributed by atoms with Crippen LogP contribution in [0.4, 0.5) is 0 Å². The minimum absolute atomic E-state index is 0.0619. The highest BCUT2D eigenvalue weighted by atomic mass is 16.5. The molecule has 172 valence electrons. The molecule has 0 radical (unpaired) electrons. The van der Waals surface area contributed by atoms with Gasteiger partial charge in [0.2, 0.25) is 0 Å². The minimum atomic E-state index is -1.13. The fourth-order valence-corrected chi connectivity index (χ4v) is 3.24. The number of hydrogen-bond donors (Lipinski definition) is 3. The molecule has 0 saturated heterocycles. The summed E-state index contributed by atoms with van der Waals surface area (Å²) < 4.78 is 4.90. The Morgan fingerprint density at radius 1 is 0.647 bits per heavy atom. The molecular formula is C28H24O6. The zero-order valence-electron chi connectivity index (χ0n) is 18.5. The Morgan fingerprint density at radius 2 is 1.09 bits per heavy atom. The standard InChI is InChI=1S/C15H14O3.C13H10O3/c1-2-18-15(17)13-10-12(8-9-14(13)16)11-6-4-3-5-7-11;14-12-7-6-10(8-11(12)13(15)16)9-4-2-1-3-5-9/h3-10,16H,2H2,1H3;1-8,14H,(H,15,16). The van der Waals surface area contributed by atoms with Crippen LogP contribution in [0.25, 0.3) is 22.3 Å². The Kier molecular flexibility index (Phi) is 8.02. The molecule has 6 heteroatoms. The highest BCUT2D eigenvalue weighted by Gasteiger charge is 2.13. The molecule has 0 unspecified atom stereocenters. The first-order valence-corrected chi connectivity index (χ1v) is 10.6. The molecule has 3 N–H and O–H groups in total. The predicted molar refractivity (Wildman–Crippen MR) is 130 cm³/mol. The molecule has 0 atom stereocenters. The largest absolute Gasteiger partial charge is 0.507 e. The topological polar surface area (TPSA) is 104 Å². The number of carboxylic acids is 1. The number of aromatic hydroxyl groups is 2. The lowest BCUT2D eigenvalue weighted by Gasteiger charge is -2.07. The van der Waals surface area contributed by atoms with E-state index in [1.54, 1.807) is 25.1 Å². The van der Waals surface area contributed by atoms with Crippen molar-refractivity contribution in [3.05, 3.63) is 108 Å². The van der Waals surface area contributed by atoms with Gasteiger partial charge in [0.25, 0.3) is 0 Å². The van der Waals surface area contributed by atoms with Gasteiger partial charge in [0.05, 0.1) is 6.61 Å². The summed E-state index contributed by atoms with van der Waals surface area (Å²) >= 11 is 0. The molecule has 0 aliphatic carbocycles. The molecule has 0 fully saturated rings. The van der Waals surface area contributed by atoms with Gasteiger partial charge in [0.15, 0.2) is 0 Å². The summed E-state index contributed by atoms with van der Waals surface area (Å²) in [6.07, 6.45) is 0. The van der Waals surface area contributed by atoms with E-state index in [0.29, 0.717) is 0 Å². The van der Waals surface area contributed by atoms with Crippen molar-refractivity contribution in [2.45, 2.75) is 6.92 Å². The second-order valence-corrected chi connectivity index (χ2v) is 7.22. The summed E-state index contributed by atoms with van der Waals surface area (Å²) in [5.74, 6) is -1.91. The van der Waals surface area contributed by atoms with Gasteiger partial charge in [-0.15, -0.1) is 0 Å². The maximum Gasteiger partial charge on any atom is 0.341 e. The molecule has 34 heavy (non-hydrogen) atoms. The highest BCUT2D eigenvalue weighted by Crippen LogP contribution is 2.27. The molecule has 4 aromatic carbocycles. The predicted octanol–water partition coefficient (Wildman–Crippen LogP) is 5.99. The van der Waals surface area contributed by atoms with Gasteiger partial charge in [-0.3, -0.25) is 0 Å². The summed E-state index contributed by atoms with van der Waals surface area (Å²) in [5, 5.41) is 27.9. The molecule has 6 nitrogen and oxygen atoms in total. The van der Waals surface area contributed by atoms with E-state index in [9.17, 15) is 19.8 Å². The van der Waals surface area contributed by atoms with Crippen LogP contribution in [-0.2, 0) is 4.74 Å². The second-order valence-electron chi connectivity index (χ2n) is 7.22. The number of carbonyl (C=O) groups excluding carboxylic acids is 1. The van der Waals surface area contributed by atoms with Crippen LogP contribution in [-0.4, -0.2) is 33.9 Å². The van der Waals surface area contributed by atoms with E-state index in [0.717, 1.165) is 22.3 Å². The molecule has 0 aliphatic rings. The number of aromatic carboxylic acids is 1. The summed E-state index contributed by atoms with van der Waals surface area (Å²) in [6.45, 7) is 2.02. The van der Waals surface area contributed by atoms with Gasteiger partial charge >= 0.3 is 11.9 Å². The smallest absolute Gasteiger partial charge is 0.341 e. The van der Waals surface area contributed by atoms with Crippen molar-refractivity contribution >= 4 is 11.9 Å². The van der Waals surface area contributed by atoms with Crippen LogP contribution >= 0.6 is 0 Å². The van der Waals surface area contributed by atoms with Gasteiger partial charge in [-0.2, -0.15) is 0 Å². The van der Waals surface area contributed by atoms with E-state index in [4.69, 9.17) is 9.84 Å². The number of phenols is 2. The van der Waals surface area contributed by atoms with Gasteiger partial charge in [0.1, 0.15) is 22.6 Å². The quantitative estimate of drug-likeness (QED) is 0.319. The second kappa shape index (κ2) is 11.3. The van der Waals surface area contributed by atoms with Crippen LogP contribution in [0.3, 0.4) is 0 Å². The normalized spacial score (nSPS) is 10.0. The highest BCUT2D eigenvalue weighted by molar-refractivity contribution is 5.94. The molecule has 0 saturated carbocycles. The monoisotopic (exact) mass is 456 g/mol. The summed E-state index contributed by atoms with van der Waals surface area (Å²) in [7, 11) is 0. The number of benzene rings is 4. The van der Waals surface area contributed by atoms with Crippen LogP contribution < -0.4 is 0 Å². The van der Waals surface area contributed by atoms with E-state index in [1.165, 1.54) is 18.2 Å². The Labute approximate surface area is 197 Å². The number of carbonyl (C=O) groups is 2. The first-order chi connectivity index (χ1) is 16.4. The Hall–Kier alpha value is -4.58. The number of phenolic OH excluding ortho intramolecular Hbond substituents is 1. The molecular weight excluding hydrogens is 432 g/mol. The molecule has 0 bridgehead atoms. The molecule has 4 rings (SSSR count). The molecule has 0 heterocycles. The third kappa shape index (κ3) is 6.01. The van der Waals surface area contributed by atoms with Gasteiger partial charge in [-0.05, 0) is 53.4 Å². The number of carboxylic acid groups (broad SMARTS) is 1. The van der Waals surface area contributed by atoms with Gasteiger partial charge < -0.3 is 20.1 Å². The molecule has 0 amide bonds. The molecule has 0 aromatic heterocycles. The third-order valence-electron chi connectivity index (χ3n) is 4.93. The third-order valence-corrected chi connectivity index (χ3v) is 4.93. The van der Waals surface area contributed by atoms with Crippen molar-refractivity contribution in [2.75, 3.05) is 6.61 Å². The number of esters is 1. The lowest BCUT2D eigenvalue weighted by Crippen LogP contribution is -2.05. The van der Waals surface area contributed by atoms with E-state index in [1.807, 2.05) is 60.7 Å². The van der Waals surface area contributed by atoms with Crippen molar-refractivity contribution in [1.29, 1.82) is 0 Å². The number of ether oxygens (including phenoxy) is 1. The molecule has 4 aromatic rings. The first kappa shape index (κ1) is 24.1. The van der Waals surface area contributed by atoms with Crippen molar-refractivity contribution in [2.24, 2.45) is 0 Å². The SMILES string of the molecule is CCOC(=O)c1cc(-c2ccccc2)ccc1O.O=C(O)c1cc(-c2ccccc2)ccc1O. The maximum atomic E-state index is 11.7. The van der Waals surface area contributed by atoms with Crippen LogP contribution in [0.5, 0.6) is 11.5 Å². The number of rotatable bonds is 5. The van der Waals surface area contributed by atoms with Gasteiger partial charge in [-0.1, -0.05) is 72.8 Å². The minimum Gasteiger partial charge on any atom is -0.507 e. The Morgan fingerprint density at radius 3 is 1.53 bits per heavy atom. The maximum absolute atomic E-state index is 11.7. The summed E-state index contributed by atoms with van der Waals surface area (Å²) in [4.78, 5) is 22.5. The van der Waals surface area contributed by atoms with Crippen LogP contribution in [0.15, 0.2) is 97.1 Å². The van der Waals surface area contributed by atoms with Crippen molar-refractivity contribution in [1.82, 2.24) is 0 Å².